The number of amides is 2. The van der Waals surface area contributed by atoms with Gasteiger partial charge in [0.15, 0.2) is 0 Å². The van der Waals surface area contributed by atoms with Crippen molar-refractivity contribution in [3.63, 3.8) is 0 Å². The fraction of sp³-hybridized carbons (Fsp3) is 0.500. The number of aryl methyl sites for hydroxylation is 1. The molecule has 1 N–H and O–H groups in total. The minimum atomic E-state index is -0.559. The molecule has 0 spiro atoms. The molecule has 1 aromatic rings. The van der Waals surface area contributed by atoms with Gasteiger partial charge in [-0.1, -0.05) is 32.9 Å². The number of hydrogen-bond donors (Lipinski definition) is 1. The second-order valence-corrected chi connectivity index (χ2v) is 4.80. The molecule has 1 rings (SSSR count). The van der Waals surface area contributed by atoms with Crippen molar-refractivity contribution >= 4 is 17.5 Å². The number of anilines is 1. The van der Waals surface area contributed by atoms with Crippen LogP contribution in [0.2, 0.25) is 0 Å². The number of carbonyl (C=O) groups is 2. The lowest BCUT2D eigenvalue weighted by molar-refractivity contribution is -0.143. The van der Waals surface area contributed by atoms with Crippen LogP contribution in [0.1, 0.15) is 39.2 Å². The fourth-order valence-corrected chi connectivity index (χ4v) is 2.01. The van der Waals surface area contributed by atoms with Gasteiger partial charge >= 0.3 is 11.8 Å². The van der Waals surface area contributed by atoms with Crippen molar-refractivity contribution in [2.75, 3.05) is 18.4 Å². The van der Waals surface area contributed by atoms with Crippen LogP contribution in [-0.4, -0.2) is 29.8 Å². The predicted molar refractivity (Wildman–Crippen MR) is 81.6 cm³/mol. The van der Waals surface area contributed by atoms with Crippen LogP contribution < -0.4 is 5.32 Å². The summed E-state index contributed by atoms with van der Waals surface area (Å²) >= 11 is 0. The molecule has 0 bridgehead atoms. The summed E-state index contributed by atoms with van der Waals surface area (Å²) in [6.45, 7) is 7.31. The molecular formula is C16H24N2O2. The van der Waals surface area contributed by atoms with Crippen molar-refractivity contribution in [2.24, 2.45) is 0 Å². The molecule has 0 saturated heterocycles. The van der Waals surface area contributed by atoms with Gasteiger partial charge in [-0.05, 0) is 37.0 Å². The largest absolute Gasteiger partial charge is 0.334 e. The molecule has 1 aromatic carbocycles. The van der Waals surface area contributed by atoms with Gasteiger partial charge in [0.25, 0.3) is 0 Å². The molecule has 20 heavy (non-hydrogen) atoms. The van der Waals surface area contributed by atoms with Crippen molar-refractivity contribution in [1.29, 1.82) is 0 Å². The van der Waals surface area contributed by atoms with Gasteiger partial charge in [-0.2, -0.15) is 0 Å². The Morgan fingerprint density at radius 2 is 1.55 bits per heavy atom. The first-order valence-electron chi connectivity index (χ1n) is 7.31. The summed E-state index contributed by atoms with van der Waals surface area (Å²) in [6, 6.07) is 7.56. The third kappa shape index (κ3) is 4.68. The Bertz CT molecular complexity index is 434. The maximum Gasteiger partial charge on any atom is 0.313 e. The van der Waals surface area contributed by atoms with E-state index in [2.05, 4.69) is 12.2 Å². The van der Waals surface area contributed by atoms with Crippen LogP contribution in [0.5, 0.6) is 0 Å². The predicted octanol–water partition coefficient (Wildman–Crippen LogP) is 2.84. The van der Waals surface area contributed by atoms with Gasteiger partial charge in [0, 0.05) is 18.8 Å². The highest BCUT2D eigenvalue weighted by atomic mass is 16.2. The quantitative estimate of drug-likeness (QED) is 0.812. The maximum absolute atomic E-state index is 12.1. The van der Waals surface area contributed by atoms with Gasteiger partial charge in [0.05, 0.1) is 0 Å². The smallest absolute Gasteiger partial charge is 0.313 e. The second-order valence-electron chi connectivity index (χ2n) is 4.80. The van der Waals surface area contributed by atoms with Crippen LogP contribution >= 0.6 is 0 Å². The van der Waals surface area contributed by atoms with Crippen molar-refractivity contribution in [3.05, 3.63) is 29.8 Å². The molecule has 110 valence electrons. The van der Waals surface area contributed by atoms with Crippen molar-refractivity contribution in [3.8, 4) is 0 Å². The molecule has 0 aromatic heterocycles. The Balaban J connectivity index is 2.65. The van der Waals surface area contributed by atoms with E-state index in [0.29, 0.717) is 18.8 Å². The fourth-order valence-electron chi connectivity index (χ4n) is 2.01. The van der Waals surface area contributed by atoms with E-state index in [9.17, 15) is 9.59 Å². The van der Waals surface area contributed by atoms with Gasteiger partial charge in [-0.25, -0.2) is 0 Å². The first-order valence-corrected chi connectivity index (χ1v) is 7.31. The molecule has 0 atom stereocenters. The maximum atomic E-state index is 12.1. The summed E-state index contributed by atoms with van der Waals surface area (Å²) in [4.78, 5) is 25.6. The molecule has 0 aliphatic carbocycles. The Hall–Kier alpha value is -1.84. The summed E-state index contributed by atoms with van der Waals surface area (Å²) in [5, 5.41) is 2.66. The molecule has 0 fully saturated rings. The average Bonchev–Trinajstić information content (AvgIpc) is 2.47. The van der Waals surface area contributed by atoms with Crippen LogP contribution in [0.3, 0.4) is 0 Å². The van der Waals surface area contributed by atoms with E-state index in [1.807, 2.05) is 38.1 Å². The van der Waals surface area contributed by atoms with E-state index in [1.54, 1.807) is 4.90 Å². The summed E-state index contributed by atoms with van der Waals surface area (Å²) in [5.74, 6) is -1.01. The zero-order valence-corrected chi connectivity index (χ0v) is 12.6. The number of hydrogen-bond acceptors (Lipinski definition) is 2. The first-order chi connectivity index (χ1) is 9.62. The summed E-state index contributed by atoms with van der Waals surface area (Å²) < 4.78 is 0. The third-order valence-corrected chi connectivity index (χ3v) is 3.09. The molecule has 0 aliphatic heterocycles. The van der Waals surface area contributed by atoms with Crippen LogP contribution in [0.25, 0.3) is 0 Å². The number of rotatable bonds is 6. The molecule has 2 amide bonds. The van der Waals surface area contributed by atoms with E-state index in [-0.39, 0.29) is 0 Å². The lowest BCUT2D eigenvalue weighted by Crippen LogP contribution is -2.40. The summed E-state index contributed by atoms with van der Waals surface area (Å²) in [7, 11) is 0. The highest BCUT2D eigenvalue weighted by Gasteiger charge is 2.20. The number of benzene rings is 1. The molecule has 4 heteroatoms. The minimum Gasteiger partial charge on any atom is -0.334 e. The van der Waals surface area contributed by atoms with Gasteiger partial charge in [0.2, 0.25) is 0 Å². The molecule has 0 saturated carbocycles. The summed E-state index contributed by atoms with van der Waals surface area (Å²) in [5.41, 5.74) is 1.86. The highest BCUT2D eigenvalue weighted by Crippen LogP contribution is 2.10. The minimum absolute atomic E-state index is 0.451. The third-order valence-electron chi connectivity index (χ3n) is 3.09. The van der Waals surface area contributed by atoms with Crippen molar-refractivity contribution in [2.45, 2.75) is 40.0 Å². The van der Waals surface area contributed by atoms with Crippen LogP contribution in [0.15, 0.2) is 24.3 Å². The molecule has 0 aliphatic rings. The number of nitrogens with zero attached hydrogens (tertiary/aromatic N) is 1. The second kappa shape index (κ2) is 8.35. The Morgan fingerprint density at radius 3 is 2.00 bits per heavy atom. The van der Waals surface area contributed by atoms with E-state index in [4.69, 9.17) is 0 Å². The van der Waals surface area contributed by atoms with E-state index < -0.39 is 11.8 Å². The number of nitrogens with one attached hydrogen (secondary N) is 1. The summed E-state index contributed by atoms with van der Waals surface area (Å²) in [6.07, 6.45) is 2.66. The Kier molecular flexibility index (Phi) is 6.77. The van der Waals surface area contributed by atoms with Crippen LogP contribution in [0.4, 0.5) is 5.69 Å². The van der Waals surface area contributed by atoms with E-state index in [1.165, 1.54) is 5.56 Å². The van der Waals surface area contributed by atoms with Gasteiger partial charge < -0.3 is 10.2 Å². The zero-order valence-electron chi connectivity index (χ0n) is 12.6. The Morgan fingerprint density at radius 1 is 1.00 bits per heavy atom. The standard InChI is InChI=1S/C16H24N2O2/c1-4-11-18(12-5-2)16(20)15(19)17-14-9-7-13(6-3)8-10-14/h7-10H,4-6,11-12H2,1-3H3,(H,17,19). The normalized spacial score (nSPS) is 10.2. The first kappa shape index (κ1) is 16.2. The van der Waals surface area contributed by atoms with E-state index >= 15 is 0 Å². The molecule has 4 nitrogen and oxygen atoms in total. The van der Waals surface area contributed by atoms with Gasteiger partial charge in [0.1, 0.15) is 0 Å². The molecule has 0 radical (unpaired) electrons. The van der Waals surface area contributed by atoms with Gasteiger partial charge in [-0.3, -0.25) is 9.59 Å². The van der Waals surface area contributed by atoms with Crippen molar-refractivity contribution < 1.29 is 9.59 Å². The SMILES string of the molecule is CCCN(CCC)C(=O)C(=O)Nc1ccc(CC)cc1. The van der Waals surface area contributed by atoms with Crippen LogP contribution in [-0.2, 0) is 16.0 Å². The highest BCUT2D eigenvalue weighted by molar-refractivity contribution is 6.39. The monoisotopic (exact) mass is 276 g/mol. The topological polar surface area (TPSA) is 49.4 Å². The lowest BCUT2D eigenvalue weighted by Gasteiger charge is -2.20. The molecule has 0 unspecified atom stereocenters. The van der Waals surface area contributed by atoms with Crippen LogP contribution in [0, 0.1) is 0 Å². The van der Waals surface area contributed by atoms with Gasteiger partial charge in [-0.15, -0.1) is 0 Å². The average molecular weight is 276 g/mol. The molecule has 0 heterocycles. The zero-order chi connectivity index (χ0) is 15.0. The lowest BCUT2D eigenvalue weighted by atomic mass is 10.1. The molecular weight excluding hydrogens is 252 g/mol. The number of carbonyl (C=O) groups excluding carboxylic acids is 2. The van der Waals surface area contributed by atoms with E-state index in [0.717, 1.165) is 19.3 Å². The van der Waals surface area contributed by atoms with Crippen molar-refractivity contribution in [1.82, 2.24) is 4.90 Å². The Labute approximate surface area is 121 Å².